The minimum atomic E-state index is 0.490. The molecule has 1 aliphatic carbocycles. The molecule has 1 atom stereocenters. The summed E-state index contributed by atoms with van der Waals surface area (Å²) in [5.74, 6) is 0. The minimum Gasteiger partial charge on any atom is -0.313 e. The molecule has 0 aromatic heterocycles. The molecular weight excluding hydrogens is 230 g/mol. The first-order valence-corrected chi connectivity index (χ1v) is 6.91. The molecule has 1 nitrogen and oxygen atoms in total. The number of benzene rings is 1. The van der Waals surface area contributed by atoms with Crippen molar-refractivity contribution in [3.05, 3.63) is 34.3 Å². The molecule has 0 aliphatic heterocycles. The molecule has 1 aliphatic rings. The quantitative estimate of drug-likeness (QED) is 0.835. The van der Waals surface area contributed by atoms with Crippen molar-refractivity contribution in [3.8, 4) is 0 Å². The van der Waals surface area contributed by atoms with Crippen LogP contribution < -0.4 is 5.32 Å². The summed E-state index contributed by atoms with van der Waals surface area (Å²) in [5.41, 5.74) is 3.00. The van der Waals surface area contributed by atoms with Crippen molar-refractivity contribution in [3.63, 3.8) is 0 Å². The smallest absolute Gasteiger partial charge is 0.0441 e. The Kier molecular flexibility index (Phi) is 3.79. The lowest BCUT2D eigenvalue weighted by Crippen LogP contribution is -2.38. The summed E-state index contributed by atoms with van der Waals surface area (Å²) in [6.45, 7) is 7.67. The molecule has 0 heterocycles. The van der Waals surface area contributed by atoms with Crippen LogP contribution in [-0.2, 0) is 6.42 Å². The maximum absolute atomic E-state index is 6.32. The standard InChI is InChI=1S/C15H22ClN/c1-4-17-14(15(3)7-8-15)10-12-6-5-11(2)9-13(12)16/h5-6,9,14,17H,4,7-8,10H2,1-3H3. The summed E-state index contributed by atoms with van der Waals surface area (Å²) in [6.07, 6.45) is 3.73. The minimum absolute atomic E-state index is 0.490. The second kappa shape index (κ2) is 4.99. The normalized spacial score (nSPS) is 19.1. The zero-order valence-electron chi connectivity index (χ0n) is 11.0. The molecule has 2 rings (SSSR count). The molecule has 1 saturated carbocycles. The summed E-state index contributed by atoms with van der Waals surface area (Å²) >= 11 is 6.32. The molecule has 0 saturated heterocycles. The Morgan fingerprint density at radius 3 is 2.65 bits per heavy atom. The van der Waals surface area contributed by atoms with Gasteiger partial charge in [-0.2, -0.15) is 0 Å². The van der Waals surface area contributed by atoms with Gasteiger partial charge in [0.15, 0.2) is 0 Å². The van der Waals surface area contributed by atoms with Gasteiger partial charge in [0.25, 0.3) is 0 Å². The number of hydrogen-bond acceptors (Lipinski definition) is 1. The molecule has 2 heteroatoms. The van der Waals surface area contributed by atoms with Crippen LogP contribution in [0.25, 0.3) is 0 Å². The van der Waals surface area contributed by atoms with Crippen molar-refractivity contribution < 1.29 is 0 Å². The van der Waals surface area contributed by atoms with Crippen molar-refractivity contribution in [2.24, 2.45) is 5.41 Å². The highest BCUT2D eigenvalue weighted by Crippen LogP contribution is 2.49. The lowest BCUT2D eigenvalue weighted by atomic mass is 9.92. The Labute approximate surface area is 110 Å². The van der Waals surface area contributed by atoms with E-state index in [0.717, 1.165) is 18.0 Å². The molecule has 1 aromatic carbocycles. The van der Waals surface area contributed by atoms with Crippen molar-refractivity contribution >= 4 is 11.6 Å². The molecule has 17 heavy (non-hydrogen) atoms. The van der Waals surface area contributed by atoms with Crippen LogP contribution in [0, 0.1) is 12.3 Å². The zero-order valence-corrected chi connectivity index (χ0v) is 11.8. The second-order valence-corrected chi connectivity index (χ2v) is 5.97. The van der Waals surface area contributed by atoms with E-state index >= 15 is 0 Å². The predicted octanol–water partition coefficient (Wildman–Crippen LogP) is 3.97. The maximum Gasteiger partial charge on any atom is 0.0441 e. The molecule has 1 unspecified atom stereocenters. The van der Waals surface area contributed by atoms with Gasteiger partial charge in [-0.05, 0) is 55.3 Å². The lowest BCUT2D eigenvalue weighted by Gasteiger charge is -2.25. The van der Waals surface area contributed by atoms with E-state index in [1.165, 1.54) is 24.0 Å². The van der Waals surface area contributed by atoms with Crippen LogP contribution >= 0.6 is 11.6 Å². The van der Waals surface area contributed by atoms with E-state index in [-0.39, 0.29) is 0 Å². The van der Waals surface area contributed by atoms with E-state index in [1.54, 1.807) is 0 Å². The van der Waals surface area contributed by atoms with Crippen LogP contribution in [0.1, 0.15) is 37.8 Å². The summed E-state index contributed by atoms with van der Waals surface area (Å²) in [5, 5.41) is 4.53. The summed E-state index contributed by atoms with van der Waals surface area (Å²) in [4.78, 5) is 0. The first kappa shape index (κ1) is 12.9. The third kappa shape index (κ3) is 3.02. The van der Waals surface area contributed by atoms with Gasteiger partial charge < -0.3 is 5.32 Å². The van der Waals surface area contributed by atoms with Gasteiger partial charge in [0.1, 0.15) is 0 Å². The van der Waals surface area contributed by atoms with Crippen LogP contribution in [0.3, 0.4) is 0 Å². The fourth-order valence-electron chi connectivity index (χ4n) is 2.39. The number of aryl methyl sites for hydroxylation is 1. The molecule has 0 bridgehead atoms. The van der Waals surface area contributed by atoms with Crippen LogP contribution in [0.15, 0.2) is 18.2 Å². The second-order valence-electron chi connectivity index (χ2n) is 5.56. The molecule has 0 amide bonds. The highest BCUT2D eigenvalue weighted by molar-refractivity contribution is 6.31. The summed E-state index contributed by atoms with van der Waals surface area (Å²) < 4.78 is 0. The van der Waals surface area contributed by atoms with Crippen molar-refractivity contribution in [1.82, 2.24) is 5.32 Å². The topological polar surface area (TPSA) is 12.0 Å². The number of nitrogens with one attached hydrogen (secondary N) is 1. The Balaban J connectivity index is 2.11. The Morgan fingerprint density at radius 2 is 2.12 bits per heavy atom. The molecule has 0 spiro atoms. The number of hydrogen-bond donors (Lipinski definition) is 1. The van der Waals surface area contributed by atoms with Gasteiger partial charge in [0, 0.05) is 11.1 Å². The van der Waals surface area contributed by atoms with Gasteiger partial charge in [-0.25, -0.2) is 0 Å². The van der Waals surface area contributed by atoms with Gasteiger partial charge in [-0.3, -0.25) is 0 Å². The first-order chi connectivity index (χ1) is 8.05. The van der Waals surface area contributed by atoms with Gasteiger partial charge in [-0.1, -0.05) is 37.6 Å². The van der Waals surface area contributed by atoms with Crippen LogP contribution in [0.5, 0.6) is 0 Å². The fourth-order valence-corrected chi connectivity index (χ4v) is 2.71. The SMILES string of the molecule is CCNC(Cc1ccc(C)cc1Cl)C1(C)CC1. The van der Waals surface area contributed by atoms with E-state index in [1.807, 2.05) is 0 Å². The average Bonchev–Trinajstić information content (AvgIpc) is 3.01. The molecular formula is C15H22ClN. The van der Waals surface area contributed by atoms with Gasteiger partial charge >= 0.3 is 0 Å². The number of halogens is 1. The predicted molar refractivity (Wildman–Crippen MR) is 74.7 cm³/mol. The summed E-state index contributed by atoms with van der Waals surface area (Å²) in [6, 6.07) is 6.95. The Hall–Kier alpha value is -0.530. The van der Waals surface area contributed by atoms with E-state index in [2.05, 4.69) is 44.3 Å². The van der Waals surface area contributed by atoms with Crippen LogP contribution in [-0.4, -0.2) is 12.6 Å². The molecule has 1 N–H and O–H groups in total. The molecule has 1 fully saturated rings. The third-order valence-corrected chi connectivity index (χ3v) is 4.31. The van der Waals surface area contributed by atoms with Gasteiger partial charge in [0.05, 0.1) is 0 Å². The van der Waals surface area contributed by atoms with E-state index < -0.39 is 0 Å². The lowest BCUT2D eigenvalue weighted by molar-refractivity contribution is 0.360. The monoisotopic (exact) mass is 251 g/mol. The van der Waals surface area contributed by atoms with Gasteiger partial charge in [0.2, 0.25) is 0 Å². The van der Waals surface area contributed by atoms with E-state index in [9.17, 15) is 0 Å². The molecule has 94 valence electrons. The Bertz CT molecular complexity index is 396. The Morgan fingerprint density at radius 1 is 1.41 bits per heavy atom. The van der Waals surface area contributed by atoms with Crippen molar-refractivity contribution in [2.45, 2.75) is 46.1 Å². The van der Waals surface area contributed by atoms with Gasteiger partial charge in [-0.15, -0.1) is 0 Å². The highest BCUT2D eigenvalue weighted by Gasteiger charge is 2.44. The van der Waals surface area contributed by atoms with Crippen molar-refractivity contribution in [1.29, 1.82) is 0 Å². The van der Waals surface area contributed by atoms with E-state index in [0.29, 0.717) is 11.5 Å². The maximum atomic E-state index is 6.32. The molecule has 0 radical (unpaired) electrons. The summed E-state index contributed by atoms with van der Waals surface area (Å²) in [7, 11) is 0. The fraction of sp³-hybridized carbons (Fsp3) is 0.600. The molecule has 1 aromatic rings. The highest BCUT2D eigenvalue weighted by atomic mass is 35.5. The number of likely N-dealkylation sites (N-methyl/N-ethyl adjacent to an activating group) is 1. The van der Waals surface area contributed by atoms with E-state index in [4.69, 9.17) is 11.6 Å². The zero-order chi connectivity index (χ0) is 12.5. The first-order valence-electron chi connectivity index (χ1n) is 6.53. The number of rotatable bonds is 5. The largest absolute Gasteiger partial charge is 0.313 e. The van der Waals surface area contributed by atoms with Crippen LogP contribution in [0.2, 0.25) is 5.02 Å². The van der Waals surface area contributed by atoms with Crippen molar-refractivity contribution in [2.75, 3.05) is 6.54 Å². The average molecular weight is 252 g/mol. The third-order valence-electron chi connectivity index (χ3n) is 3.96. The van der Waals surface area contributed by atoms with Crippen LogP contribution in [0.4, 0.5) is 0 Å².